The maximum absolute atomic E-state index is 12.5. The summed E-state index contributed by atoms with van der Waals surface area (Å²) in [6.07, 6.45) is 0.217. The number of rotatable bonds is 7. The number of ether oxygens (including phenoxy) is 3. The van der Waals surface area contributed by atoms with E-state index < -0.39 is 0 Å². The lowest BCUT2D eigenvalue weighted by Crippen LogP contribution is -2.07. The first-order valence-electron chi connectivity index (χ1n) is 7.14. The van der Waals surface area contributed by atoms with Gasteiger partial charge in [-0.15, -0.1) is 0 Å². The molecule has 2 aromatic rings. The third kappa shape index (κ3) is 3.81. The second-order valence-electron chi connectivity index (χ2n) is 4.98. The molecule has 0 amide bonds. The van der Waals surface area contributed by atoms with Crippen LogP contribution in [0.3, 0.4) is 0 Å². The van der Waals surface area contributed by atoms with Crippen LogP contribution in [0, 0.1) is 0 Å². The van der Waals surface area contributed by atoms with Crippen molar-refractivity contribution in [3.05, 3.63) is 53.1 Å². The first kappa shape index (κ1) is 16.8. The molecular formula is C18H20O5. The topological polar surface area (TPSA) is 65.0 Å². The zero-order valence-electron chi connectivity index (χ0n) is 13.5. The van der Waals surface area contributed by atoms with Crippen molar-refractivity contribution < 1.29 is 24.1 Å². The van der Waals surface area contributed by atoms with Crippen LogP contribution in [-0.2, 0) is 13.0 Å². The molecule has 2 aromatic carbocycles. The summed E-state index contributed by atoms with van der Waals surface area (Å²) in [7, 11) is 4.63. The van der Waals surface area contributed by atoms with Crippen molar-refractivity contribution in [1.29, 1.82) is 0 Å². The zero-order valence-corrected chi connectivity index (χ0v) is 13.5. The Labute approximate surface area is 135 Å². The minimum absolute atomic E-state index is 0.0708. The van der Waals surface area contributed by atoms with Crippen LogP contribution in [-0.4, -0.2) is 32.2 Å². The van der Waals surface area contributed by atoms with E-state index in [-0.39, 0.29) is 18.8 Å². The summed E-state index contributed by atoms with van der Waals surface area (Å²) in [6.45, 7) is -0.0967. The van der Waals surface area contributed by atoms with E-state index in [2.05, 4.69) is 0 Å². The van der Waals surface area contributed by atoms with Crippen molar-refractivity contribution in [1.82, 2.24) is 0 Å². The Morgan fingerprint density at radius 3 is 2.09 bits per heavy atom. The monoisotopic (exact) mass is 316 g/mol. The van der Waals surface area contributed by atoms with Crippen molar-refractivity contribution in [2.45, 2.75) is 13.0 Å². The van der Waals surface area contributed by atoms with Gasteiger partial charge < -0.3 is 19.3 Å². The van der Waals surface area contributed by atoms with Crippen LogP contribution in [0.5, 0.6) is 17.2 Å². The number of methoxy groups -OCH3 is 3. The Morgan fingerprint density at radius 1 is 0.870 bits per heavy atom. The second kappa shape index (κ2) is 7.65. The minimum Gasteiger partial charge on any atom is -0.496 e. The van der Waals surface area contributed by atoms with Gasteiger partial charge in [0.1, 0.15) is 5.75 Å². The third-order valence-electron chi connectivity index (χ3n) is 3.56. The number of benzene rings is 2. The zero-order chi connectivity index (χ0) is 16.8. The van der Waals surface area contributed by atoms with Gasteiger partial charge in [0.05, 0.1) is 33.5 Å². The van der Waals surface area contributed by atoms with Crippen LogP contribution < -0.4 is 14.2 Å². The van der Waals surface area contributed by atoms with Crippen molar-refractivity contribution in [3.8, 4) is 17.2 Å². The van der Waals surface area contributed by atoms with Crippen molar-refractivity contribution >= 4 is 5.78 Å². The molecule has 0 atom stereocenters. The highest BCUT2D eigenvalue weighted by molar-refractivity contribution is 6.00. The fourth-order valence-corrected chi connectivity index (χ4v) is 2.34. The summed E-state index contributed by atoms with van der Waals surface area (Å²) in [4.78, 5) is 12.5. The molecule has 0 spiro atoms. The number of Topliss-reactive ketones (excluding diaryl/α,β-unsaturated/α-hetero) is 1. The number of carbonyl (C=O) groups is 1. The van der Waals surface area contributed by atoms with Gasteiger partial charge in [-0.3, -0.25) is 4.79 Å². The fraction of sp³-hybridized carbons (Fsp3) is 0.278. The highest BCUT2D eigenvalue weighted by Gasteiger charge is 2.15. The molecule has 122 valence electrons. The molecule has 0 heterocycles. The van der Waals surface area contributed by atoms with Crippen LogP contribution in [0.1, 0.15) is 21.5 Å². The van der Waals surface area contributed by atoms with Gasteiger partial charge in [0, 0.05) is 6.42 Å². The fourth-order valence-electron chi connectivity index (χ4n) is 2.34. The lowest BCUT2D eigenvalue weighted by molar-refractivity contribution is 0.0990. The van der Waals surface area contributed by atoms with Crippen LogP contribution >= 0.6 is 0 Å². The second-order valence-corrected chi connectivity index (χ2v) is 4.98. The average molecular weight is 316 g/mol. The van der Waals surface area contributed by atoms with Gasteiger partial charge in [-0.1, -0.05) is 12.1 Å². The number of aliphatic hydroxyl groups excluding tert-OH is 1. The van der Waals surface area contributed by atoms with Crippen LogP contribution in [0.15, 0.2) is 36.4 Å². The summed E-state index contributed by atoms with van der Waals surface area (Å²) in [5.74, 6) is 1.59. The third-order valence-corrected chi connectivity index (χ3v) is 3.56. The Balaban J connectivity index is 2.25. The molecule has 0 unspecified atom stereocenters. The Hall–Kier alpha value is -2.53. The van der Waals surface area contributed by atoms with Crippen molar-refractivity contribution in [2.75, 3.05) is 21.3 Å². The molecule has 1 N–H and O–H groups in total. The van der Waals surface area contributed by atoms with Crippen LogP contribution in [0.2, 0.25) is 0 Å². The van der Waals surface area contributed by atoms with Gasteiger partial charge in [0.15, 0.2) is 17.3 Å². The standard InChI is InChI=1S/C18H20O5/c1-21-16-7-5-12(9-18(16)23-3)8-15(20)14-6-4-13(11-19)10-17(14)22-2/h4-7,9-10,19H,8,11H2,1-3H3. The summed E-state index contributed by atoms with van der Waals surface area (Å²) in [5.41, 5.74) is 2.00. The maximum atomic E-state index is 12.5. The van der Waals surface area contributed by atoms with E-state index in [1.807, 2.05) is 6.07 Å². The summed E-state index contributed by atoms with van der Waals surface area (Å²) in [5, 5.41) is 9.16. The molecule has 23 heavy (non-hydrogen) atoms. The van der Waals surface area contributed by atoms with Gasteiger partial charge in [-0.2, -0.15) is 0 Å². The molecule has 0 saturated carbocycles. The molecule has 5 heteroatoms. The van der Waals surface area contributed by atoms with Crippen molar-refractivity contribution in [3.63, 3.8) is 0 Å². The summed E-state index contributed by atoms with van der Waals surface area (Å²) in [6, 6.07) is 10.4. The number of hydrogen-bond donors (Lipinski definition) is 1. The van der Waals surface area contributed by atoms with E-state index in [4.69, 9.17) is 19.3 Å². The molecule has 0 saturated heterocycles. The predicted molar refractivity (Wildman–Crippen MR) is 86.5 cm³/mol. The van der Waals surface area contributed by atoms with Crippen LogP contribution in [0.25, 0.3) is 0 Å². The van der Waals surface area contributed by atoms with E-state index in [1.54, 1.807) is 44.6 Å². The Kier molecular flexibility index (Phi) is 5.60. The lowest BCUT2D eigenvalue weighted by Gasteiger charge is -2.11. The number of hydrogen-bond acceptors (Lipinski definition) is 5. The summed E-state index contributed by atoms with van der Waals surface area (Å²) >= 11 is 0. The number of carbonyl (C=O) groups excluding carboxylic acids is 1. The number of ketones is 1. The molecule has 5 nitrogen and oxygen atoms in total. The normalized spacial score (nSPS) is 10.3. The quantitative estimate of drug-likeness (QED) is 0.796. The first-order valence-corrected chi connectivity index (χ1v) is 7.14. The largest absolute Gasteiger partial charge is 0.496 e. The highest BCUT2D eigenvalue weighted by atomic mass is 16.5. The molecule has 0 radical (unpaired) electrons. The molecule has 0 fully saturated rings. The molecule has 0 bridgehead atoms. The van der Waals surface area contributed by atoms with Crippen molar-refractivity contribution in [2.24, 2.45) is 0 Å². The predicted octanol–water partition coefficient (Wildman–Crippen LogP) is 2.63. The smallest absolute Gasteiger partial charge is 0.170 e. The molecule has 0 aromatic heterocycles. The van der Waals surface area contributed by atoms with Gasteiger partial charge in [-0.05, 0) is 35.4 Å². The first-order chi connectivity index (χ1) is 11.1. The average Bonchev–Trinajstić information content (AvgIpc) is 2.60. The van der Waals surface area contributed by atoms with E-state index in [1.165, 1.54) is 7.11 Å². The van der Waals surface area contributed by atoms with E-state index in [0.717, 1.165) is 5.56 Å². The van der Waals surface area contributed by atoms with E-state index >= 15 is 0 Å². The Bertz CT molecular complexity index is 694. The molecule has 0 aliphatic carbocycles. The maximum Gasteiger partial charge on any atom is 0.170 e. The van der Waals surface area contributed by atoms with Gasteiger partial charge in [-0.25, -0.2) is 0 Å². The minimum atomic E-state index is -0.0967. The van der Waals surface area contributed by atoms with Gasteiger partial charge in [0.25, 0.3) is 0 Å². The highest BCUT2D eigenvalue weighted by Crippen LogP contribution is 2.29. The van der Waals surface area contributed by atoms with Gasteiger partial charge >= 0.3 is 0 Å². The Morgan fingerprint density at radius 2 is 1.48 bits per heavy atom. The summed E-state index contributed by atoms with van der Waals surface area (Å²) < 4.78 is 15.7. The van der Waals surface area contributed by atoms with Gasteiger partial charge in [0.2, 0.25) is 0 Å². The van der Waals surface area contributed by atoms with E-state index in [9.17, 15) is 4.79 Å². The molecule has 0 aliphatic heterocycles. The molecule has 2 rings (SSSR count). The SMILES string of the molecule is COc1ccc(CC(=O)c2ccc(CO)cc2OC)cc1OC. The van der Waals surface area contributed by atoms with Crippen LogP contribution in [0.4, 0.5) is 0 Å². The molecule has 0 aliphatic rings. The van der Waals surface area contributed by atoms with E-state index in [0.29, 0.717) is 28.4 Å². The number of aliphatic hydroxyl groups is 1. The lowest BCUT2D eigenvalue weighted by atomic mass is 10.0. The molecular weight excluding hydrogens is 296 g/mol.